The van der Waals surface area contributed by atoms with Crippen molar-refractivity contribution >= 4 is 6.08 Å². The van der Waals surface area contributed by atoms with Crippen molar-refractivity contribution < 1.29 is 14.6 Å². The molecule has 1 aromatic rings. The van der Waals surface area contributed by atoms with E-state index >= 15 is 0 Å². The first-order valence-electron chi connectivity index (χ1n) is 6.99. The number of nitrogens with one attached hydrogen (secondary N) is 1. The van der Waals surface area contributed by atoms with Crippen LogP contribution in [0.5, 0.6) is 11.5 Å². The van der Waals surface area contributed by atoms with Crippen molar-refractivity contribution in [3.05, 3.63) is 29.8 Å². The summed E-state index contributed by atoms with van der Waals surface area (Å²) in [6, 6.07) is 5.89. The third kappa shape index (κ3) is 6.08. The highest BCUT2D eigenvalue weighted by atomic mass is 16.5. The summed E-state index contributed by atoms with van der Waals surface area (Å²) in [5, 5.41) is 12.3. The molecule has 0 aliphatic heterocycles. The van der Waals surface area contributed by atoms with Crippen molar-refractivity contribution in [2.24, 2.45) is 0 Å². The van der Waals surface area contributed by atoms with Crippen LogP contribution in [0, 0.1) is 0 Å². The van der Waals surface area contributed by atoms with Crippen molar-refractivity contribution in [2.75, 3.05) is 26.8 Å². The van der Waals surface area contributed by atoms with Gasteiger partial charge in [-0.25, -0.2) is 0 Å². The van der Waals surface area contributed by atoms with Crippen LogP contribution in [0.3, 0.4) is 0 Å². The SMILES string of the molecule is C/C=C/c1ccc(OCCCNC[C@@H](C)O)c(OC)c1. The van der Waals surface area contributed by atoms with E-state index in [0.717, 1.165) is 30.0 Å². The second kappa shape index (κ2) is 9.39. The van der Waals surface area contributed by atoms with Crippen LogP contribution in [0.15, 0.2) is 24.3 Å². The second-order valence-corrected chi connectivity index (χ2v) is 4.67. The number of hydrogen-bond donors (Lipinski definition) is 2. The number of methoxy groups -OCH3 is 1. The fraction of sp³-hybridized carbons (Fsp3) is 0.500. The fourth-order valence-corrected chi connectivity index (χ4v) is 1.79. The van der Waals surface area contributed by atoms with Crippen LogP contribution < -0.4 is 14.8 Å². The standard InChI is InChI=1S/C16H25NO3/c1-4-6-14-7-8-15(16(11-14)19-3)20-10-5-9-17-12-13(2)18/h4,6-8,11,13,17-18H,5,9-10,12H2,1-3H3/b6-4+/t13-/m1/s1. The monoisotopic (exact) mass is 279 g/mol. The lowest BCUT2D eigenvalue weighted by atomic mass is 10.2. The zero-order valence-corrected chi connectivity index (χ0v) is 12.6. The Morgan fingerprint density at radius 1 is 1.35 bits per heavy atom. The highest BCUT2D eigenvalue weighted by molar-refractivity contribution is 5.55. The number of ether oxygens (including phenoxy) is 2. The summed E-state index contributed by atoms with van der Waals surface area (Å²) in [5.74, 6) is 1.51. The first kappa shape index (κ1) is 16.5. The lowest BCUT2D eigenvalue weighted by Gasteiger charge is -2.12. The Morgan fingerprint density at radius 3 is 2.80 bits per heavy atom. The maximum Gasteiger partial charge on any atom is 0.161 e. The lowest BCUT2D eigenvalue weighted by Crippen LogP contribution is -2.26. The topological polar surface area (TPSA) is 50.7 Å². The normalized spacial score (nSPS) is 12.6. The Balaban J connectivity index is 2.39. The summed E-state index contributed by atoms with van der Waals surface area (Å²) in [6.07, 6.45) is 4.58. The first-order valence-corrected chi connectivity index (χ1v) is 6.99. The van der Waals surface area contributed by atoms with Gasteiger partial charge in [-0.1, -0.05) is 18.2 Å². The molecule has 4 heteroatoms. The van der Waals surface area contributed by atoms with Gasteiger partial charge < -0.3 is 19.9 Å². The molecular weight excluding hydrogens is 254 g/mol. The van der Waals surface area contributed by atoms with E-state index in [1.165, 1.54) is 0 Å². The van der Waals surface area contributed by atoms with Crippen LogP contribution in [-0.2, 0) is 0 Å². The largest absolute Gasteiger partial charge is 0.493 e. The molecule has 1 rings (SSSR count). The maximum atomic E-state index is 9.11. The number of allylic oxidation sites excluding steroid dienone is 1. The number of aliphatic hydroxyl groups excluding tert-OH is 1. The van der Waals surface area contributed by atoms with Crippen molar-refractivity contribution in [3.63, 3.8) is 0 Å². The summed E-state index contributed by atoms with van der Waals surface area (Å²) >= 11 is 0. The van der Waals surface area contributed by atoms with Crippen LogP contribution >= 0.6 is 0 Å². The van der Waals surface area contributed by atoms with E-state index in [4.69, 9.17) is 14.6 Å². The van der Waals surface area contributed by atoms with E-state index in [1.807, 2.05) is 37.3 Å². The molecule has 0 spiro atoms. The molecule has 0 fully saturated rings. The minimum absolute atomic E-state index is 0.310. The van der Waals surface area contributed by atoms with E-state index in [0.29, 0.717) is 13.2 Å². The predicted molar refractivity (Wildman–Crippen MR) is 82.4 cm³/mol. The van der Waals surface area contributed by atoms with Crippen LogP contribution in [0.4, 0.5) is 0 Å². The van der Waals surface area contributed by atoms with Gasteiger partial charge >= 0.3 is 0 Å². The quantitative estimate of drug-likeness (QED) is 0.682. The molecule has 0 radical (unpaired) electrons. The van der Waals surface area contributed by atoms with Gasteiger partial charge in [0, 0.05) is 6.54 Å². The van der Waals surface area contributed by atoms with Gasteiger partial charge in [0.2, 0.25) is 0 Å². The molecule has 112 valence electrons. The summed E-state index contributed by atoms with van der Waals surface area (Å²) in [4.78, 5) is 0. The Hall–Kier alpha value is -1.52. The summed E-state index contributed by atoms with van der Waals surface area (Å²) < 4.78 is 11.1. The van der Waals surface area contributed by atoms with Crippen LogP contribution in [0.2, 0.25) is 0 Å². The second-order valence-electron chi connectivity index (χ2n) is 4.67. The molecule has 20 heavy (non-hydrogen) atoms. The van der Waals surface area contributed by atoms with E-state index in [2.05, 4.69) is 5.32 Å². The van der Waals surface area contributed by atoms with Crippen molar-refractivity contribution in [2.45, 2.75) is 26.4 Å². The molecule has 0 saturated carbocycles. The van der Waals surface area contributed by atoms with E-state index in [1.54, 1.807) is 14.0 Å². The average molecular weight is 279 g/mol. The predicted octanol–water partition coefficient (Wildman–Crippen LogP) is 2.47. The first-order chi connectivity index (χ1) is 9.67. The molecule has 0 bridgehead atoms. The van der Waals surface area contributed by atoms with E-state index in [9.17, 15) is 0 Å². The van der Waals surface area contributed by atoms with Crippen LogP contribution in [0.1, 0.15) is 25.8 Å². The highest BCUT2D eigenvalue weighted by Gasteiger charge is 2.04. The van der Waals surface area contributed by atoms with Gasteiger partial charge in [-0.05, 0) is 44.5 Å². The Bertz CT molecular complexity index is 416. The molecule has 0 aliphatic carbocycles. The molecule has 0 saturated heterocycles. The van der Waals surface area contributed by atoms with Gasteiger partial charge in [0.1, 0.15) is 0 Å². The molecule has 0 amide bonds. The minimum atomic E-state index is -0.310. The summed E-state index contributed by atoms with van der Waals surface area (Å²) in [6.45, 7) is 5.80. The number of benzene rings is 1. The zero-order chi connectivity index (χ0) is 14.8. The molecule has 1 aromatic carbocycles. The molecule has 0 heterocycles. The molecule has 1 atom stereocenters. The molecule has 2 N–H and O–H groups in total. The Labute approximate surface area is 121 Å². The minimum Gasteiger partial charge on any atom is -0.493 e. The molecule has 0 unspecified atom stereocenters. The third-order valence-electron chi connectivity index (χ3n) is 2.74. The van der Waals surface area contributed by atoms with Gasteiger partial charge in [0.15, 0.2) is 11.5 Å². The summed E-state index contributed by atoms with van der Waals surface area (Å²) in [7, 11) is 1.64. The summed E-state index contributed by atoms with van der Waals surface area (Å²) in [5.41, 5.74) is 1.09. The molecule has 0 aromatic heterocycles. The van der Waals surface area contributed by atoms with Gasteiger partial charge in [-0.2, -0.15) is 0 Å². The van der Waals surface area contributed by atoms with Crippen molar-refractivity contribution in [1.29, 1.82) is 0 Å². The molecule has 0 aliphatic rings. The Morgan fingerprint density at radius 2 is 2.15 bits per heavy atom. The zero-order valence-electron chi connectivity index (χ0n) is 12.6. The van der Waals surface area contributed by atoms with Gasteiger partial charge in [0.25, 0.3) is 0 Å². The molecule has 4 nitrogen and oxygen atoms in total. The number of rotatable bonds is 9. The lowest BCUT2D eigenvalue weighted by molar-refractivity contribution is 0.190. The fourth-order valence-electron chi connectivity index (χ4n) is 1.79. The molecular formula is C16H25NO3. The maximum absolute atomic E-state index is 9.11. The smallest absolute Gasteiger partial charge is 0.161 e. The van der Waals surface area contributed by atoms with Crippen LogP contribution in [0.25, 0.3) is 6.08 Å². The highest BCUT2D eigenvalue weighted by Crippen LogP contribution is 2.28. The Kier molecular flexibility index (Phi) is 7.77. The average Bonchev–Trinajstić information content (AvgIpc) is 2.43. The van der Waals surface area contributed by atoms with Crippen molar-refractivity contribution in [1.82, 2.24) is 5.32 Å². The van der Waals surface area contributed by atoms with Gasteiger partial charge in [-0.3, -0.25) is 0 Å². The van der Waals surface area contributed by atoms with Gasteiger partial charge in [0.05, 0.1) is 19.8 Å². The third-order valence-corrected chi connectivity index (χ3v) is 2.74. The number of aliphatic hydroxyl groups is 1. The van der Waals surface area contributed by atoms with E-state index in [-0.39, 0.29) is 6.10 Å². The van der Waals surface area contributed by atoms with E-state index < -0.39 is 0 Å². The van der Waals surface area contributed by atoms with Crippen molar-refractivity contribution in [3.8, 4) is 11.5 Å². The van der Waals surface area contributed by atoms with Crippen LogP contribution in [-0.4, -0.2) is 38.0 Å². The number of hydrogen-bond acceptors (Lipinski definition) is 4. The van der Waals surface area contributed by atoms with Gasteiger partial charge in [-0.15, -0.1) is 0 Å².